The minimum Gasteiger partial charge on any atom is -0.465 e. The minimum absolute atomic E-state index is 0.00768. The molecule has 5 atom stereocenters. The van der Waals surface area contributed by atoms with Crippen molar-refractivity contribution in [2.75, 3.05) is 11.9 Å². The third-order valence-corrected chi connectivity index (χ3v) is 9.93. The second kappa shape index (κ2) is 18.4. The largest absolute Gasteiger partial charge is 0.465 e. The Morgan fingerprint density at radius 2 is 1.88 bits per heavy atom. The van der Waals surface area contributed by atoms with Crippen molar-refractivity contribution >= 4 is 44.5 Å². The summed E-state index contributed by atoms with van der Waals surface area (Å²) in [6.07, 6.45) is 11.7. The molecule has 12 heteroatoms. The molecular formula is C29H46N2O8S2. The molecule has 0 aliphatic heterocycles. The Morgan fingerprint density at radius 3 is 2.61 bits per heavy atom. The lowest BCUT2D eigenvalue weighted by atomic mass is 9.85. The number of thiophene rings is 1. The highest BCUT2D eigenvalue weighted by Gasteiger charge is 2.40. The molecule has 1 saturated carbocycles. The molecule has 0 spiro atoms. The molecule has 0 bridgehead atoms. The highest BCUT2D eigenvalue weighted by atomic mass is 32.2. The summed E-state index contributed by atoms with van der Waals surface area (Å²) < 4.78 is 33.2. The van der Waals surface area contributed by atoms with E-state index in [1.165, 1.54) is 25.3 Å². The summed E-state index contributed by atoms with van der Waals surface area (Å²) in [7, 11) is -3.88. The summed E-state index contributed by atoms with van der Waals surface area (Å²) in [6, 6.07) is 2.87. The summed E-state index contributed by atoms with van der Waals surface area (Å²) in [5.74, 6) is -0.745. The van der Waals surface area contributed by atoms with Crippen molar-refractivity contribution in [1.82, 2.24) is 0 Å². The Balaban J connectivity index is 1.62. The Bertz CT molecular complexity index is 1100. The Labute approximate surface area is 248 Å². The first kappa shape index (κ1) is 35.1. The SMILES string of the molecule is CCCCC[C@H](O)CC[C@@H]1[C@@H](C/C=C\CCCC(=O)OCC/C=N/S(=O)(=O)c2ccc(NC(C)=O)s2)[C@@H](O)C[C@H]1O. The van der Waals surface area contributed by atoms with Crippen LogP contribution in [-0.4, -0.2) is 66.7 Å². The first-order valence-corrected chi connectivity index (χ1v) is 16.8. The number of rotatable bonds is 19. The van der Waals surface area contributed by atoms with Crippen LogP contribution in [0.4, 0.5) is 5.00 Å². The van der Waals surface area contributed by atoms with Crippen LogP contribution in [0.25, 0.3) is 0 Å². The van der Waals surface area contributed by atoms with Crippen molar-refractivity contribution < 1.29 is 38.1 Å². The Kier molecular flexibility index (Phi) is 15.8. The van der Waals surface area contributed by atoms with Crippen LogP contribution in [0.5, 0.6) is 0 Å². The maximum atomic E-state index is 12.2. The van der Waals surface area contributed by atoms with E-state index in [0.29, 0.717) is 43.5 Å². The number of aliphatic hydroxyl groups excluding tert-OH is 3. The maximum Gasteiger partial charge on any atom is 0.305 e. The molecule has 0 saturated heterocycles. The van der Waals surface area contributed by atoms with E-state index < -0.39 is 22.2 Å². The van der Waals surface area contributed by atoms with Gasteiger partial charge in [-0.25, -0.2) is 0 Å². The number of hydrogen-bond donors (Lipinski definition) is 4. The maximum absolute atomic E-state index is 12.2. The van der Waals surface area contributed by atoms with Gasteiger partial charge in [-0.05, 0) is 68.9 Å². The van der Waals surface area contributed by atoms with Gasteiger partial charge < -0.3 is 25.4 Å². The number of nitrogens with zero attached hydrogens (tertiary/aromatic N) is 1. The molecule has 0 unspecified atom stereocenters. The molecule has 4 N–H and O–H groups in total. The molecule has 1 aliphatic rings. The van der Waals surface area contributed by atoms with Crippen LogP contribution in [-0.2, 0) is 24.3 Å². The first-order valence-electron chi connectivity index (χ1n) is 14.5. The lowest BCUT2D eigenvalue weighted by molar-refractivity contribution is -0.143. The third-order valence-electron chi connectivity index (χ3n) is 7.18. The molecule has 232 valence electrons. The Hall–Kier alpha value is -2.12. The summed E-state index contributed by atoms with van der Waals surface area (Å²) in [5, 5.41) is 34.0. The minimum atomic E-state index is -3.88. The quantitative estimate of drug-likeness (QED) is 0.0761. The van der Waals surface area contributed by atoms with E-state index in [1.54, 1.807) is 0 Å². The van der Waals surface area contributed by atoms with Gasteiger partial charge in [0.1, 0.15) is 4.21 Å². The fourth-order valence-electron chi connectivity index (χ4n) is 5.00. The average Bonchev–Trinajstić information content (AvgIpc) is 3.48. The highest BCUT2D eigenvalue weighted by Crippen LogP contribution is 2.38. The fourth-order valence-corrected chi connectivity index (χ4v) is 7.15. The fraction of sp³-hybridized carbons (Fsp3) is 0.690. The Morgan fingerprint density at radius 1 is 1.12 bits per heavy atom. The number of unbranched alkanes of at least 4 members (excludes halogenated alkanes) is 3. The monoisotopic (exact) mass is 614 g/mol. The molecule has 0 aromatic carbocycles. The number of carbonyl (C=O) groups excluding carboxylic acids is 2. The zero-order valence-electron chi connectivity index (χ0n) is 24.1. The third kappa shape index (κ3) is 13.2. The van der Waals surface area contributed by atoms with Gasteiger partial charge in [0.05, 0.1) is 29.9 Å². The molecule has 1 aromatic heterocycles. The van der Waals surface area contributed by atoms with Gasteiger partial charge in [0.25, 0.3) is 10.0 Å². The van der Waals surface area contributed by atoms with Gasteiger partial charge in [-0.1, -0.05) is 38.3 Å². The van der Waals surface area contributed by atoms with Gasteiger partial charge >= 0.3 is 5.97 Å². The van der Waals surface area contributed by atoms with Crippen molar-refractivity contribution in [1.29, 1.82) is 0 Å². The average molecular weight is 615 g/mol. The number of hydrogen-bond acceptors (Lipinski definition) is 9. The highest BCUT2D eigenvalue weighted by molar-refractivity contribution is 7.92. The molecule has 10 nitrogen and oxygen atoms in total. The van der Waals surface area contributed by atoms with Crippen LogP contribution in [0.15, 0.2) is 32.9 Å². The van der Waals surface area contributed by atoms with Crippen molar-refractivity contribution in [3.8, 4) is 0 Å². The second-order valence-corrected chi connectivity index (χ2v) is 13.5. The normalized spacial score (nSPS) is 22.0. The van der Waals surface area contributed by atoms with Gasteiger partial charge in [-0.2, -0.15) is 12.8 Å². The van der Waals surface area contributed by atoms with Crippen molar-refractivity contribution in [2.45, 2.75) is 113 Å². The molecular weight excluding hydrogens is 568 g/mol. The predicted molar refractivity (Wildman–Crippen MR) is 160 cm³/mol. The number of ether oxygens (including phenoxy) is 1. The standard InChI is InChI=1S/C29H46N2O8S2/c1-3-4-7-11-22(33)14-15-24-23(25(34)20-26(24)35)12-8-5-6-9-13-28(36)39-19-10-18-30-41(37,38)29-17-16-27(40-29)31-21(2)32/h5,8,16-18,22-26,33-35H,3-4,6-7,9-15,19-20H2,1-2H3,(H,31,32)/b8-5-,30-18+/t22-,23+,24+,25-,26+/m0/s1. The summed E-state index contributed by atoms with van der Waals surface area (Å²) in [4.78, 5) is 23.0. The van der Waals surface area contributed by atoms with E-state index in [4.69, 9.17) is 4.74 Å². The zero-order valence-corrected chi connectivity index (χ0v) is 25.7. The summed E-state index contributed by atoms with van der Waals surface area (Å²) >= 11 is 0.907. The van der Waals surface area contributed by atoms with E-state index in [0.717, 1.165) is 37.0 Å². The van der Waals surface area contributed by atoms with E-state index >= 15 is 0 Å². The van der Waals surface area contributed by atoms with Crippen molar-refractivity contribution in [3.05, 3.63) is 24.3 Å². The lowest BCUT2D eigenvalue weighted by Gasteiger charge is -2.23. The van der Waals surface area contributed by atoms with Crippen LogP contribution in [0.2, 0.25) is 0 Å². The molecule has 2 rings (SSSR count). The molecule has 0 radical (unpaired) electrons. The van der Waals surface area contributed by atoms with Gasteiger partial charge in [-0.15, -0.1) is 11.3 Å². The second-order valence-electron chi connectivity index (χ2n) is 10.6. The van der Waals surface area contributed by atoms with Crippen molar-refractivity contribution in [3.63, 3.8) is 0 Å². The number of anilines is 1. The number of nitrogens with one attached hydrogen (secondary N) is 1. The number of allylic oxidation sites excluding steroid dienone is 2. The molecule has 1 heterocycles. The number of amides is 1. The number of carbonyl (C=O) groups is 2. The lowest BCUT2D eigenvalue weighted by Crippen LogP contribution is -2.23. The van der Waals surface area contributed by atoms with E-state index in [9.17, 15) is 33.3 Å². The van der Waals surface area contributed by atoms with Crippen LogP contribution in [0.1, 0.15) is 90.9 Å². The summed E-state index contributed by atoms with van der Waals surface area (Å²) in [6.45, 7) is 3.48. The first-order chi connectivity index (χ1) is 19.5. The number of sulfonamides is 1. The molecule has 1 amide bonds. The predicted octanol–water partition coefficient (Wildman–Crippen LogP) is 4.60. The topological polar surface area (TPSA) is 163 Å². The van der Waals surface area contributed by atoms with E-state index in [2.05, 4.69) is 16.6 Å². The number of esters is 1. The van der Waals surface area contributed by atoms with Gasteiger partial charge in [0.15, 0.2) is 0 Å². The van der Waals surface area contributed by atoms with Crippen LogP contribution in [0, 0.1) is 11.8 Å². The van der Waals surface area contributed by atoms with Gasteiger partial charge in [-0.3, -0.25) is 9.59 Å². The van der Waals surface area contributed by atoms with Crippen LogP contribution < -0.4 is 5.32 Å². The molecule has 41 heavy (non-hydrogen) atoms. The van der Waals surface area contributed by atoms with Crippen LogP contribution in [0.3, 0.4) is 0 Å². The molecule has 1 fully saturated rings. The van der Waals surface area contributed by atoms with E-state index in [-0.39, 0.29) is 53.5 Å². The molecule has 1 aromatic rings. The van der Waals surface area contributed by atoms with E-state index in [1.807, 2.05) is 12.2 Å². The van der Waals surface area contributed by atoms with Gasteiger partial charge in [0, 0.05) is 26.0 Å². The van der Waals surface area contributed by atoms with Crippen LogP contribution >= 0.6 is 11.3 Å². The number of aliphatic hydroxyl groups is 3. The van der Waals surface area contributed by atoms with Gasteiger partial charge in [0.2, 0.25) is 5.91 Å². The molecule has 1 aliphatic carbocycles. The zero-order chi connectivity index (χ0) is 30.3. The smallest absolute Gasteiger partial charge is 0.305 e. The van der Waals surface area contributed by atoms with Crippen molar-refractivity contribution in [2.24, 2.45) is 16.2 Å². The summed E-state index contributed by atoms with van der Waals surface area (Å²) in [5.41, 5.74) is 0.